The van der Waals surface area contributed by atoms with E-state index in [-0.39, 0.29) is 11.9 Å². The second-order valence-corrected chi connectivity index (χ2v) is 5.14. The molecule has 1 atom stereocenters. The highest BCUT2D eigenvalue weighted by atomic mass is 35.5. The van der Waals surface area contributed by atoms with Gasteiger partial charge in [0, 0.05) is 29.3 Å². The molecular weight excluding hydrogens is 286 g/mol. The summed E-state index contributed by atoms with van der Waals surface area (Å²) in [7, 11) is 0. The Morgan fingerprint density at radius 2 is 2.00 bits per heavy atom. The van der Waals surface area contributed by atoms with E-state index in [1.807, 2.05) is 49.4 Å². The fraction of sp³-hybridized carbons (Fsp3) is 0.294. The van der Waals surface area contributed by atoms with Crippen molar-refractivity contribution < 1.29 is 9.53 Å². The van der Waals surface area contributed by atoms with Crippen molar-refractivity contribution in [2.45, 2.75) is 25.7 Å². The van der Waals surface area contributed by atoms with Crippen LogP contribution in [0.25, 0.3) is 0 Å². The van der Waals surface area contributed by atoms with Gasteiger partial charge < -0.3 is 4.74 Å². The minimum absolute atomic E-state index is 0.0628. The molecule has 0 bridgehead atoms. The Kier molecular flexibility index (Phi) is 5.76. The van der Waals surface area contributed by atoms with Gasteiger partial charge in [0.15, 0.2) is 0 Å². The summed E-state index contributed by atoms with van der Waals surface area (Å²) in [4.78, 5) is 16.0. The van der Waals surface area contributed by atoms with Gasteiger partial charge in [0.05, 0.1) is 6.61 Å². The Balaban J connectivity index is 2.18. The number of benzene rings is 1. The average Bonchev–Trinajstić information content (AvgIpc) is 2.50. The van der Waals surface area contributed by atoms with Crippen LogP contribution in [0.5, 0.6) is 0 Å². The smallest absolute Gasteiger partial charge is 0.305 e. The van der Waals surface area contributed by atoms with Crippen LogP contribution in [0, 0.1) is 0 Å². The molecule has 1 aromatic carbocycles. The normalized spacial score (nSPS) is 11.9. The van der Waals surface area contributed by atoms with Crippen molar-refractivity contribution in [2.24, 2.45) is 0 Å². The van der Waals surface area contributed by atoms with Crippen LogP contribution < -0.4 is 0 Å². The van der Waals surface area contributed by atoms with E-state index in [0.717, 1.165) is 11.3 Å². The number of halogens is 1. The van der Waals surface area contributed by atoms with Gasteiger partial charge in [-0.25, -0.2) is 0 Å². The molecule has 0 aliphatic rings. The molecule has 0 saturated carbocycles. The first-order valence-corrected chi connectivity index (χ1v) is 7.40. The molecule has 1 heterocycles. The Morgan fingerprint density at radius 1 is 1.24 bits per heavy atom. The van der Waals surface area contributed by atoms with Crippen LogP contribution in [0.4, 0.5) is 0 Å². The lowest BCUT2D eigenvalue weighted by Gasteiger charge is -2.16. The van der Waals surface area contributed by atoms with E-state index < -0.39 is 0 Å². The first-order chi connectivity index (χ1) is 10.2. The highest BCUT2D eigenvalue weighted by molar-refractivity contribution is 6.30. The van der Waals surface area contributed by atoms with Gasteiger partial charge in [0.2, 0.25) is 0 Å². The molecule has 0 aliphatic heterocycles. The molecule has 0 fully saturated rings. The molecule has 0 spiro atoms. The van der Waals surface area contributed by atoms with E-state index in [2.05, 4.69) is 4.98 Å². The van der Waals surface area contributed by atoms with Crippen molar-refractivity contribution in [3.05, 3.63) is 64.9 Å². The number of hydrogen-bond donors (Lipinski definition) is 0. The Morgan fingerprint density at radius 3 is 2.62 bits per heavy atom. The number of hydrogen-bond acceptors (Lipinski definition) is 3. The van der Waals surface area contributed by atoms with Crippen molar-refractivity contribution in [1.82, 2.24) is 4.98 Å². The molecule has 0 aliphatic carbocycles. The Hall–Kier alpha value is -1.87. The highest BCUT2D eigenvalue weighted by Gasteiger charge is 2.17. The molecule has 0 amide bonds. The maximum absolute atomic E-state index is 11.6. The quantitative estimate of drug-likeness (QED) is 0.750. The van der Waals surface area contributed by atoms with E-state index >= 15 is 0 Å². The van der Waals surface area contributed by atoms with Gasteiger partial charge in [-0.15, -0.1) is 0 Å². The molecule has 3 nitrogen and oxygen atoms in total. The SMILES string of the molecule is CCOC(=O)CC[C@@H](c1ccc(Cl)cc1)c1ccccn1. The van der Waals surface area contributed by atoms with Crippen molar-refractivity contribution in [1.29, 1.82) is 0 Å². The van der Waals surface area contributed by atoms with Gasteiger partial charge >= 0.3 is 5.97 Å². The summed E-state index contributed by atoms with van der Waals surface area (Å²) in [6.07, 6.45) is 2.80. The maximum atomic E-state index is 11.6. The third-order valence-electron chi connectivity index (χ3n) is 3.26. The summed E-state index contributed by atoms with van der Waals surface area (Å²) in [6, 6.07) is 13.5. The topological polar surface area (TPSA) is 39.2 Å². The molecule has 21 heavy (non-hydrogen) atoms. The second-order valence-electron chi connectivity index (χ2n) is 4.70. The molecule has 0 radical (unpaired) electrons. The minimum atomic E-state index is -0.174. The zero-order chi connectivity index (χ0) is 15.1. The summed E-state index contributed by atoms with van der Waals surface area (Å²) >= 11 is 5.94. The van der Waals surface area contributed by atoms with Crippen LogP contribution in [0.3, 0.4) is 0 Å². The third-order valence-corrected chi connectivity index (χ3v) is 3.51. The molecule has 110 valence electrons. The summed E-state index contributed by atoms with van der Waals surface area (Å²) in [5, 5.41) is 0.698. The number of ether oxygens (including phenoxy) is 1. The first kappa shape index (κ1) is 15.5. The number of nitrogens with zero attached hydrogens (tertiary/aromatic N) is 1. The fourth-order valence-corrected chi connectivity index (χ4v) is 2.38. The van der Waals surface area contributed by atoms with Crippen molar-refractivity contribution in [3.63, 3.8) is 0 Å². The lowest BCUT2D eigenvalue weighted by atomic mass is 9.91. The van der Waals surface area contributed by atoms with Crippen LogP contribution >= 0.6 is 11.6 Å². The third kappa shape index (κ3) is 4.57. The van der Waals surface area contributed by atoms with Gasteiger partial charge in [-0.2, -0.15) is 0 Å². The summed E-state index contributed by atoms with van der Waals surface area (Å²) in [5.74, 6) is -0.111. The molecule has 2 aromatic rings. The number of carbonyl (C=O) groups is 1. The number of rotatable bonds is 6. The van der Waals surface area contributed by atoms with E-state index in [0.29, 0.717) is 24.5 Å². The average molecular weight is 304 g/mol. The molecule has 0 saturated heterocycles. The lowest BCUT2D eigenvalue weighted by molar-refractivity contribution is -0.143. The molecule has 1 aromatic heterocycles. The van der Waals surface area contributed by atoms with E-state index in [9.17, 15) is 4.79 Å². The molecule has 2 rings (SSSR count). The number of esters is 1. The van der Waals surface area contributed by atoms with Gasteiger partial charge in [-0.3, -0.25) is 9.78 Å². The summed E-state index contributed by atoms with van der Waals surface area (Å²) in [5.41, 5.74) is 2.05. The van der Waals surface area contributed by atoms with Crippen LogP contribution in [0.15, 0.2) is 48.7 Å². The van der Waals surface area contributed by atoms with Crippen molar-refractivity contribution in [2.75, 3.05) is 6.61 Å². The summed E-state index contributed by atoms with van der Waals surface area (Å²) < 4.78 is 5.00. The number of carbonyl (C=O) groups excluding carboxylic acids is 1. The predicted octanol–water partition coefficient (Wildman–Crippen LogP) is 4.21. The van der Waals surface area contributed by atoms with E-state index in [1.165, 1.54) is 0 Å². The molecule has 4 heteroatoms. The number of pyridine rings is 1. The Bertz CT molecular complexity index is 569. The zero-order valence-corrected chi connectivity index (χ0v) is 12.7. The second kappa shape index (κ2) is 7.79. The van der Waals surface area contributed by atoms with Crippen molar-refractivity contribution >= 4 is 17.6 Å². The highest BCUT2D eigenvalue weighted by Crippen LogP contribution is 2.28. The van der Waals surface area contributed by atoms with Crippen LogP contribution in [-0.2, 0) is 9.53 Å². The first-order valence-electron chi connectivity index (χ1n) is 7.02. The molecule has 0 unspecified atom stereocenters. The minimum Gasteiger partial charge on any atom is -0.466 e. The van der Waals surface area contributed by atoms with Gasteiger partial charge in [0.25, 0.3) is 0 Å². The lowest BCUT2D eigenvalue weighted by Crippen LogP contribution is -2.09. The fourth-order valence-electron chi connectivity index (χ4n) is 2.26. The zero-order valence-electron chi connectivity index (χ0n) is 12.0. The monoisotopic (exact) mass is 303 g/mol. The Labute approximate surface area is 129 Å². The predicted molar refractivity (Wildman–Crippen MR) is 83.4 cm³/mol. The van der Waals surface area contributed by atoms with Crippen LogP contribution in [0.1, 0.15) is 36.9 Å². The van der Waals surface area contributed by atoms with Gasteiger partial charge in [-0.05, 0) is 43.2 Å². The largest absolute Gasteiger partial charge is 0.466 e. The van der Waals surface area contributed by atoms with Crippen LogP contribution in [-0.4, -0.2) is 17.6 Å². The van der Waals surface area contributed by atoms with Crippen LogP contribution in [0.2, 0.25) is 5.02 Å². The maximum Gasteiger partial charge on any atom is 0.305 e. The van der Waals surface area contributed by atoms with Crippen molar-refractivity contribution in [3.8, 4) is 0 Å². The van der Waals surface area contributed by atoms with Gasteiger partial charge in [0.1, 0.15) is 0 Å². The number of aromatic nitrogens is 1. The van der Waals surface area contributed by atoms with Gasteiger partial charge in [-0.1, -0.05) is 29.8 Å². The van der Waals surface area contributed by atoms with E-state index in [4.69, 9.17) is 16.3 Å². The molecular formula is C17H18ClNO2. The summed E-state index contributed by atoms with van der Waals surface area (Å²) in [6.45, 7) is 2.22. The standard InChI is InChI=1S/C17H18ClNO2/c1-2-21-17(20)11-10-15(16-5-3-4-12-19-16)13-6-8-14(18)9-7-13/h3-9,12,15H,2,10-11H2,1H3/t15-/m0/s1. The molecule has 0 N–H and O–H groups in total. The van der Waals surface area contributed by atoms with E-state index in [1.54, 1.807) is 6.20 Å².